The largest absolute Gasteiger partial charge is 0.507 e. The lowest BCUT2D eigenvalue weighted by atomic mass is 10.2. The molecule has 1 radical (unpaired) electrons. The van der Waals surface area contributed by atoms with Gasteiger partial charge in [0.2, 0.25) is 0 Å². The van der Waals surface area contributed by atoms with E-state index in [1.807, 2.05) is 6.07 Å². The van der Waals surface area contributed by atoms with Crippen molar-refractivity contribution in [1.82, 2.24) is 15.2 Å². The van der Waals surface area contributed by atoms with Crippen LogP contribution in [0.5, 0.6) is 5.75 Å². The molecule has 1 aromatic heterocycles. The molecule has 0 saturated heterocycles. The summed E-state index contributed by atoms with van der Waals surface area (Å²) < 4.78 is 0. The Morgan fingerprint density at radius 1 is 1.36 bits per heavy atom. The Labute approximate surface area is 85.4 Å². The van der Waals surface area contributed by atoms with Crippen LogP contribution in [0, 0.1) is 6.26 Å². The number of aromatic hydroxyl groups is 1. The molecule has 2 aromatic rings. The summed E-state index contributed by atoms with van der Waals surface area (Å²) in [6.45, 7) is 0. The number of benzene rings is 1. The van der Waals surface area contributed by atoms with Crippen molar-refractivity contribution in [3.8, 4) is 17.1 Å². The second kappa shape index (κ2) is 3.71. The van der Waals surface area contributed by atoms with Crippen LogP contribution in [-0.4, -0.2) is 20.3 Å². The number of aromatic nitrogens is 3. The van der Waals surface area contributed by atoms with Crippen molar-refractivity contribution in [2.75, 3.05) is 0 Å². The van der Waals surface area contributed by atoms with E-state index < -0.39 is 0 Å². The molecule has 71 valence electrons. The first-order chi connectivity index (χ1) is 6.81. The zero-order chi connectivity index (χ0) is 9.97. The first kappa shape index (κ1) is 9.08. The lowest BCUT2D eigenvalue weighted by molar-refractivity contribution is 0.477. The monoisotopic (exact) mass is 206 g/mol. The van der Waals surface area contributed by atoms with Gasteiger partial charge in [-0.3, -0.25) is 5.10 Å². The van der Waals surface area contributed by atoms with Gasteiger partial charge in [-0.25, -0.2) is 4.98 Å². The van der Waals surface area contributed by atoms with E-state index in [1.54, 1.807) is 18.2 Å². The van der Waals surface area contributed by atoms with Crippen molar-refractivity contribution in [3.05, 3.63) is 30.5 Å². The molecule has 2 N–H and O–H groups in total. The zero-order valence-corrected chi connectivity index (χ0v) is 8.08. The van der Waals surface area contributed by atoms with Crippen LogP contribution in [0.3, 0.4) is 0 Å². The Morgan fingerprint density at radius 2 is 2.14 bits per heavy atom. The van der Waals surface area contributed by atoms with Gasteiger partial charge in [0, 0.05) is 6.26 Å². The average Bonchev–Trinajstić information content (AvgIpc) is 2.67. The fraction of sp³-hybridized carbons (Fsp3) is 0. The molecule has 0 unspecified atom stereocenters. The third-order valence-corrected chi connectivity index (χ3v) is 2.20. The van der Waals surface area contributed by atoms with Gasteiger partial charge in [-0.2, -0.15) is 5.10 Å². The molecule has 0 bridgehead atoms. The summed E-state index contributed by atoms with van der Waals surface area (Å²) in [6, 6.07) is 6.93. The van der Waals surface area contributed by atoms with E-state index in [0.717, 1.165) is 0 Å². The molecular formula is C9H8N3OS. The molecule has 0 spiro atoms. The van der Waals surface area contributed by atoms with E-state index in [-0.39, 0.29) is 5.75 Å². The molecule has 0 aliphatic carbocycles. The van der Waals surface area contributed by atoms with Gasteiger partial charge >= 0.3 is 0 Å². The second-order valence-electron chi connectivity index (χ2n) is 2.63. The van der Waals surface area contributed by atoms with Gasteiger partial charge in [-0.1, -0.05) is 23.9 Å². The maximum atomic E-state index is 9.53. The fourth-order valence-electron chi connectivity index (χ4n) is 1.09. The molecule has 4 nitrogen and oxygen atoms in total. The van der Waals surface area contributed by atoms with Crippen LogP contribution in [0.1, 0.15) is 0 Å². The van der Waals surface area contributed by atoms with E-state index in [4.69, 9.17) is 0 Å². The van der Waals surface area contributed by atoms with Crippen molar-refractivity contribution < 1.29 is 5.11 Å². The maximum Gasteiger partial charge on any atom is 0.185 e. The van der Waals surface area contributed by atoms with E-state index in [0.29, 0.717) is 16.5 Å². The minimum absolute atomic E-state index is 0.173. The third kappa shape index (κ3) is 1.58. The SMILES string of the molecule is [CH2]Sc1nc(-c2ccccc2O)n[nH]1. The number of para-hydroxylation sites is 1. The predicted octanol–water partition coefficient (Wildman–Crippen LogP) is 2.06. The van der Waals surface area contributed by atoms with E-state index in [2.05, 4.69) is 21.4 Å². The van der Waals surface area contributed by atoms with E-state index in [9.17, 15) is 5.11 Å². The van der Waals surface area contributed by atoms with Crippen molar-refractivity contribution in [1.29, 1.82) is 0 Å². The van der Waals surface area contributed by atoms with Crippen molar-refractivity contribution in [3.63, 3.8) is 0 Å². The molecule has 0 saturated carbocycles. The number of nitrogens with zero attached hydrogens (tertiary/aromatic N) is 2. The van der Waals surface area contributed by atoms with Crippen LogP contribution < -0.4 is 0 Å². The molecule has 0 aliphatic heterocycles. The number of nitrogens with one attached hydrogen (secondary N) is 1. The molecule has 5 heteroatoms. The highest BCUT2D eigenvalue weighted by Crippen LogP contribution is 2.26. The topological polar surface area (TPSA) is 61.8 Å². The number of hydrogen-bond donors (Lipinski definition) is 2. The van der Waals surface area contributed by atoms with Crippen molar-refractivity contribution in [2.45, 2.75) is 5.16 Å². The molecule has 0 fully saturated rings. The zero-order valence-electron chi connectivity index (χ0n) is 7.27. The molecule has 1 aromatic carbocycles. The summed E-state index contributed by atoms with van der Waals surface area (Å²) in [4.78, 5) is 4.13. The first-order valence-corrected chi connectivity index (χ1v) is 4.92. The van der Waals surface area contributed by atoms with Gasteiger partial charge in [0.25, 0.3) is 0 Å². The highest BCUT2D eigenvalue weighted by Gasteiger charge is 2.08. The molecular weight excluding hydrogens is 198 g/mol. The Hall–Kier alpha value is -1.49. The standard InChI is InChI=1S/C9H8N3OS/c1-14-9-10-8(11-12-9)6-4-2-3-5-7(6)13/h2-5,13H,1H2,(H,10,11,12). The van der Waals surface area contributed by atoms with Gasteiger partial charge < -0.3 is 5.11 Å². The number of aromatic amines is 1. The van der Waals surface area contributed by atoms with Crippen LogP contribution in [0.4, 0.5) is 0 Å². The lowest BCUT2D eigenvalue weighted by Crippen LogP contribution is -1.80. The highest BCUT2D eigenvalue weighted by atomic mass is 32.2. The molecule has 0 aliphatic rings. The van der Waals surface area contributed by atoms with Crippen LogP contribution in [0.25, 0.3) is 11.4 Å². The number of thioether (sulfide) groups is 1. The molecule has 0 atom stereocenters. The van der Waals surface area contributed by atoms with Crippen molar-refractivity contribution >= 4 is 11.8 Å². The van der Waals surface area contributed by atoms with Crippen molar-refractivity contribution in [2.24, 2.45) is 0 Å². The van der Waals surface area contributed by atoms with Gasteiger partial charge in [-0.15, -0.1) is 0 Å². The fourth-order valence-corrected chi connectivity index (χ4v) is 1.36. The molecule has 1 heterocycles. The highest BCUT2D eigenvalue weighted by molar-refractivity contribution is 8.00. The van der Waals surface area contributed by atoms with Gasteiger partial charge in [0.1, 0.15) is 5.75 Å². The van der Waals surface area contributed by atoms with E-state index >= 15 is 0 Å². The van der Waals surface area contributed by atoms with Gasteiger partial charge in [0.15, 0.2) is 11.0 Å². The normalized spacial score (nSPS) is 10.4. The van der Waals surface area contributed by atoms with Crippen LogP contribution in [0.2, 0.25) is 0 Å². The molecule has 0 amide bonds. The summed E-state index contributed by atoms with van der Waals surface area (Å²) in [6.07, 6.45) is 3.61. The summed E-state index contributed by atoms with van der Waals surface area (Å²) in [5.41, 5.74) is 0.615. The Balaban J connectivity index is 2.44. The number of hydrogen-bond acceptors (Lipinski definition) is 4. The summed E-state index contributed by atoms with van der Waals surface area (Å²) >= 11 is 1.23. The third-order valence-electron chi connectivity index (χ3n) is 1.75. The second-order valence-corrected chi connectivity index (χ2v) is 3.30. The summed E-state index contributed by atoms with van der Waals surface area (Å²) in [5, 5.41) is 16.8. The number of H-pyrrole nitrogens is 1. The van der Waals surface area contributed by atoms with E-state index in [1.165, 1.54) is 11.8 Å². The smallest absolute Gasteiger partial charge is 0.185 e. The lowest BCUT2D eigenvalue weighted by Gasteiger charge is -1.97. The maximum absolute atomic E-state index is 9.53. The minimum atomic E-state index is 0.173. The van der Waals surface area contributed by atoms with Crippen LogP contribution >= 0.6 is 11.8 Å². The quantitative estimate of drug-likeness (QED) is 0.738. The average molecular weight is 206 g/mol. The molecule has 2 rings (SSSR count). The predicted molar refractivity (Wildman–Crippen MR) is 54.7 cm³/mol. The Bertz CT molecular complexity index is 441. The van der Waals surface area contributed by atoms with Gasteiger partial charge in [-0.05, 0) is 12.1 Å². The number of phenols is 1. The summed E-state index contributed by atoms with van der Waals surface area (Å²) in [7, 11) is 0. The number of rotatable bonds is 2. The van der Waals surface area contributed by atoms with Crippen LogP contribution in [-0.2, 0) is 0 Å². The Morgan fingerprint density at radius 3 is 2.79 bits per heavy atom. The summed E-state index contributed by atoms with van der Waals surface area (Å²) in [5.74, 6) is 0.654. The molecule has 14 heavy (non-hydrogen) atoms. The van der Waals surface area contributed by atoms with Gasteiger partial charge in [0.05, 0.1) is 5.56 Å². The first-order valence-electron chi connectivity index (χ1n) is 3.94. The Kier molecular flexibility index (Phi) is 2.41. The van der Waals surface area contributed by atoms with Crippen LogP contribution in [0.15, 0.2) is 29.4 Å². The minimum Gasteiger partial charge on any atom is -0.507 e. The number of phenolic OH excluding ortho intramolecular Hbond substituents is 1.